The fourth-order valence-corrected chi connectivity index (χ4v) is 2.88. The Bertz CT molecular complexity index is 602. The van der Waals surface area contributed by atoms with Gasteiger partial charge in [0.25, 0.3) is 0 Å². The van der Waals surface area contributed by atoms with Crippen molar-refractivity contribution in [3.8, 4) is 16.9 Å². The third-order valence-corrected chi connectivity index (χ3v) is 3.70. The largest absolute Gasteiger partial charge is 0.497 e. The van der Waals surface area contributed by atoms with E-state index in [-0.39, 0.29) is 0 Å². The predicted molar refractivity (Wildman–Crippen MR) is 92.8 cm³/mol. The van der Waals surface area contributed by atoms with Crippen molar-refractivity contribution in [2.45, 2.75) is 12.8 Å². The average molecular weight is 396 g/mol. The molecule has 0 unspecified atom stereocenters. The Morgan fingerprint density at radius 1 is 1.05 bits per heavy atom. The Morgan fingerprint density at radius 2 is 1.75 bits per heavy atom. The van der Waals surface area contributed by atoms with E-state index in [0.717, 1.165) is 9.14 Å². The molecule has 2 rings (SSSR count). The van der Waals surface area contributed by atoms with Crippen LogP contribution in [-0.4, -0.2) is 7.11 Å². The highest BCUT2D eigenvalue weighted by molar-refractivity contribution is 9.28. The van der Waals surface area contributed by atoms with E-state index in [0.29, 0.717) is 5.92 Å². The number of ether oxygens (including phenoxy) is 1. The molecule has 0 fully saturated rings. The lowest BCUT2D eigenvalue weighted by Gasteiger charge is -2.13. The van der Waals surface area contributed by atoms with Crippen LogP contribution < -0.4 is 4.74 Å². The fourth-order valence-electron chi connectivity index (χ4n) is 2.09. The van der Waals surface area contributed by atoms with Gasteiger partial charge in [0.15, 0.2) is 0 Å². The zero-order chi connectivity index (χ0) is 14.5. The van der Waals surface area contributed by atoms with Crippen molar-refractivity contribution < 1.29 is 4.74 Å². The Labute approximate surface area is 136 Å². The molecular weight excluding hydrogens is 380 g/mol. The highest BCUT2D eigenvalue weighted by atomic mass is 79.9. The lowest BCUT2D eigenvalue weighted by molar-refractivity contribution is 0.414. The summed E-state index contributed by atoms with van der Waals surface area (Å²) < 4.78 is 6.39. The summed E-state index contributed by atoms with van der Waals surface area (Å²) in [6.07, 6.45) is 2.11. The molecule has 0 N–H and O–H groups in total. The van der Waals surface area contributed by atoms with Crippen molar-refractivity contribution in [2.24, 2.45) is 0 Å². The van der Waals surface area contributed by atoms with Gasteiger partial charge in [-0.1, -0.05) is 49.4 Å². The number of hydrogen-bond donors (Lipinski definition) is 0. The maximum atomic E-state index is 5.43. The molecule has 0 radical (unpaired) electrons. The van der Waals surface area contributed by atoms with E-state index in [1.54, 1.807) is 7.11 Å². The molecule has 0 bridgehead atoms. The summed E-state index contributed by atoms with van der Waals surface area (Å²) in [5, 5.41) is 0. The van der Waals surface area contributed by atoms with Crippen LogP contribution in [0.1, 0.15) is 18.4 Å². The van der Waals surface area contributed by atoms with Crippen molar-refractivity contribution in [2.75, 3.05) is 7.11 Å². The maximum absolute atomic E-state index is 5.43. The molecule has 0 amide bonds. The second kappa shape index (κ2) is 7.09. The van der Waals surface area contributed by atoms with Gasteiger partial charge in [-0.05, 0) is 60.7 Å². The second-order valence-corrected chi connectivity index (χ2v) is 7.38. The third kappa shape index (κ3) is 3.97. The number of methoxy groups -OCH3 is 1. The van der Waals surface area contributed by atoms with Gasteiger partial charge < -0.3 is 4.74 Å². The summed E-state index contributed by atoms with van der Waals surface area (Å²) >= 11 is 6.84. The Hall–Kier alpha value is -1.06. The van der Waals surface area contributed by atoms with Crippen LogP contribution in [0.25, 0.3) is 11.1 Å². The SMILES string of the molecule is COc1cc(-c2ccccc2)cc([C@@H](C)C=C(Br)Br)c1. The first kappa shape index (κ1) is 15.3. The van der Waals surface area contributed by atoms with Crippen molar-refractivity contribution in [3.05, 3.63) is 63.6 Å². The second-order valence-electron chi connectivity index (χ2n) is 4.61. The van der Waals surface area contributed by atoms with Crippen LogP contribution in [0.3, 0.4) is 0 Å². The minimum atomic E-state index is 0.293. The monoisotopic (exact) mass is 394 g/mol. The minimum Gasteiger partial charge on any atom is -0.497 e. The molecule has 0 aromatic heterocycles. The van der Waals surface area contributed by atoms with Crippen LogP contribution in [0.5, 0.6) is 5.75 Å². The van der Waals surface area contributed by atoms with Gasteiger partial charge in [-0.25, -0.2) is 0 Å². The first-order chi connectivity index (χ1) is 9.60. The summed E-state index contributed by atoms with van der Waals surface area (Å²) in [6, 6.07) is 16.7. The molecule has 1 atom stereocenters. The molecule has 0 spiro atoms. The fraction of sp³-hybridized carbons (Fsp3) is 0.176. The Morgan fingerprint density at radius 3 is 2.35 bits per heavy atom. The van der Waals surface area contributed by atoms with Crippen LogP contribution in [0, 0.1) is 0 Å². The number of allylic oxidation sites excluding steroid dienone is 1. The van der Waals surface area contributed by atoms with Crippen LogP contribution >= 0.6 is 31.9 Å². The molecule has 0 aliphatic carbocycles. The van der Waals surface area contributed by atoms with E-state index in [1.807, 2.05) is 18.2 Å². The van der Waals surface area contributed by atoms with E-state index < -0.39 is 0 Å². The van der Waals surface area contributed by atoms with Crippen molar-refractivity contribution in [3.63, 3.8) is 0 Å². The molecule has 20 heavy (non-hydrogen) atoms. The lowest BCUT2D eigenvalue weighted by atomic mass is 9.96. The van der Waals surface area contributed by atoms with Gasteiger partial charge in [-0.3, -0.25) is 0 Å². The van der Waals surface area contributed by atoms with Crippen LogP contribution in [0.15, 0.2) is 58.0 Å². The highest BCUT2D eigenvalue weighted by Crippen LogP contribution is 2.31. The molecule has 2 aromatic carbocycles. The van der Waals surface area contributed by atoms with E-state index in [2.05, 4.69) is 75.2 Å². The summed E-state index contributed by atoms with van der Waals surface area (Å²) in [5.74, 6) is 1.17. The van der Waals surface area contributed by atoms with E-state index in [9.17, 15) is 0 Å². The number of benzene rings is 2. The normalized spacial score (nSPS) is 11.8. The van der Waals surface area contributed by atoms with Gasteiger partial charge in [-0.15, -0.1) is 0 Å². The molecule has 2 aromatic rings. The molecule has 0 saturated heterocycles. The number of halogens is 2. The standard InChI is InChI=1S/C17H16Br2O/c1-12(8-17(18)19)14-9-15(11-16(10-14)20-2)13-6-4-3-5-7-13/h3-12H,1-2H3/t12-/m0/s1. The third-order valence-electron chi connectivity index (χ3n) is 3.17. The summed E-state index contributed by atoms with van der Waals surface area (Å²) in [5.41, 5.74) is 3.59. The summed E-state index contributed by atoms with van der Waals surface area (Å²) in [4.78, 5) is 0. The van der Waals surface area contributed by atoms with Crippen molar-refractivity contribution >= 4 is 31.9 Å². The van der Waals surface area contributed by atoms with Crippen LogP contribution in [-0.2, 0) is 0 Å². The maximum Gasteiger partial charge on any atom is 0.119 e. The average Bonchev–Trinajstić information content (AvgIpc) is 2.47. The van der Waals surface area contributed by atoms with E-state index in [4.69, 9.17) is 4.74 Å². The molecule has 0 saturated carbocycles. The van der Waals surface area contributed by atoms with Gasteiger partial charge >= 0.3 is 0 Å². The van der Waals surface area contributed by atoms with Gasteiger partial charge in [-0.2, -0.15) is 0 Å². The van der Waals surface area contributed by atoms with Gasteiger partial charge in [0.2, 0.25) is 0 Å². The minimum absolute atomic E-state index is 0.293. The first-order valence-corrected chi connectivity index (χ1v) is 7.96. The summed E-state index contributed by atoms with van der Waals surface area (Å²) in [7, 11) is 1.70. The van der Waals surface area contributed by atoms with Gasteiger partial charge in [0.1, 0.15) is 5.75 Å². The molecule has 0 aliphatic heterocycles. The Balaban J connectivity index is 2.47. The van der Waals surface area contributed by atoms with E-state index >= 15 is 0 Å². The molecule has 1 nitrogen and oxygen atoms in total. The summed E-state index contributed by atoms with van der Waals surface area (Å²) in [6.45, 7) is 2.16. The molecular formula is C17H16Br2O. The molecule has 0 heterocycles. The smallest absolute Gasteiger partial charge is 0.119 e. The predicted octanol–water partition coefficient (Wildman–Crippen LogP) is 6.10. The molecule has 3 heteroatoms. The lowest BCUT2D eigenvalue weighted by Crippen LogP contribution is -1.93. The van der Waals surface area contributed by atoms with Crippen molar-refractivity contribution in [1.29, 1.82) is 0 Å². The van der Waals surface area contributed by atoms with E-state index in [1.165, 1.54) is 16.7 Å². The number of rotatable bonds is 4. The Kier molecular flexibility index (Phi) is 5.44. The van der Waals surface area contributed by atoms with Crippen LogP contribution in [0.2, 0.25) is 0 Å². The van der Waals surface area contributed by atoms with Crippen LogP contribution in [0.4, 0.5) is 0 Å². The van der Waals surface area contributed by atoms with Gasteiger partial charge in [0, 0.05) is 5.92 Å². The zero-order valence-electron chi connectivity index (χ0n) is 11.4. The first-order valence-electron chi connectivity index (χ1n) is 6.37. The molecule has 104 valence electrons. The zero-order valence-corrected chi connectivity index (χ0v) is 14.6. The number of hydrogen-bond acceptors (Lipinski definition) is 1. The van der Waals surface area contributed by atoms with Crippen molar-refractivity contribution in [1.82, 2.24) is 0 Å². The highest BCUT2D eigenvalue weighted by Gasteiger charge is 2.08. The quantitative estimate of drug-likeness (QED) is 0.607. The molecule has 0 aliphatic rings. The topological polar surface area (TPSA) is 9.23 Å². The van der Waals surface area contributed by atoms with Gasteiger partial charge in [0.05, 0.1) is 10.5 Å².